The molecular formula is C19H17ClN4O3. The molecule has 1 saturated heterocycles. The highest BCUT2D eigenvalue weighted by Crippen LogP contribution is 2.27. The van der Waals surface area contributed by atoms with E-state index >= 15 is 0 Å². The Morgan fingerprint density at radius 1 is 1.26 bits per heavy atom. The van der Waals surface area contributed by atoms with Gasteiger partial charge in [-0.2, -0.15) is 0 Å². The Kier molecular flexibility index (Phi) is 4.45. The second-order valence-corrected chi connectivity index (χ2v) is 6.80. The first-order valence-electron chi connectivity index (χ1n) is 8.47. The van der Waals surface area contributed by atoms with Crippen molar-refractivity contribution in [1.82, 2.24) is 20.9 Å². The summed E-state index contributed by atoms with van der Waals surface area (Å²) in [5.41, 5.74) is 3.10. The van der Waals surface area contributed by atoms with Gasteiger partial charge in [-0.1, -0.05) is 29.8 Å². The van der Waals surface area contributed by atoms with Crippen LogP contribution in [0, 0.1) is 6.92 Å². The fourth-order valence-corrected chi connectivity index (χ4v) is 3.23. The van der Waals surface area contributed by atoms with Crippen molar-refractivity contribution in [2.75, 3.05) is 6.54 Å². The topological polar surface area (TPSA) is 96.3 Å². The normalized spacial score (nSPS) is 17.4. The maximum absolute atomic E-state index is 12.7. The van der Waals surface area contributed by atoms with Crippen LogP contribution >= 0.6 is 11.6 Å². The number of oxazole rings is 1. The van der Waals surface area contributed by atoms with Crippen molar-refractivity contribution in [3.63, 3.8) is 0 Å². The predicted octanol–water partition coefficient (Wildman–Crippen LogP) is 2.68. The third-order valence-electron chi connectivity index (χ3n) is 4.43. The molecule has 138 valence electrons. The van der Waals surface area contributed by atoms with Crippen molar-refractivity contribution in [2.45, 2.75) is 19.0 Å². The van der Waals surface area contributed by atoms with Crippen molar-refractivity contribution in [2.24, 2.45) is 0 Å². The predicted molar refractivity (Wildman–Crippen MR) is 101 cm³/mol. The van der Waals surface area contributed by atoms with Crippen molar-refractivity contribution < 1.29 is 14.0 Å². The van der Waals surface area contributed by atoms with E-state index in [-0.39, 0.29) is 18.5 Å². The van der Waals surface area contributed by atoms with Gasteiger partial charge in [-0.25, -0.2) is 9.78 Å². The molecule has 8 heteroatoms. The standard InChI is InChI=1S/C19H17ClN4O3/c1-10-22-14-7-4-12(8-16(14)27-10)17(11-2-5-13(20)6-3-11)24-18(25)15-9-21-19(26)23-15/h2-8,15,17H,9H2,1H3,(H,24,25)(H2,21,23,26)/t15-,17-/m0/s1. The van der Waals surface area contributed by atoms with Crippen molar-refractivity contribution in [3.05, 3.63) is 64.5 Å². The Morgan fingerprint density at radius 3 is 2.70 bits per heavy atom. The fraction of sp³-hybridized carbons (Fsp3) is 0.211. The number of fused-ring (bicyclic) bond motifs is 1. The molecular weight excluding hydrogens is 368 g/mol. The molecule has 1 aromatic heterocycles. The summed E-state index contributed by atoms with van der Waals surface area (Å²) in [4.78, 5) is 28.3. The van der Waals surface area contributed by atoms with Gasteiger partial charge in [0.1, 0.15) is 11.6 Å². The van der Waals surface area contributed by atoms with E-state index in [1.54, 1.807) is 19.1 Å². The van der Waals surface area contributed by atoms with Gasteiger partial charge in [0, 0.05) is 18.5 Å². The Morgan fingerprint density at radius 2 is 2.00 bits per heavy atom. The minimum atomic E-state index is -0.622. The number of hydrogen-bond acceptors (Lipinski definition) is 4. The highest BCUT2D eigenvalue weighted by Gasteiger charge is 2.29. The minimum absolute atomic E-state index is 0.248. The maximum Gasteiger partial charge on any atom is 0.315 e. The quantitative estimate of drug-likeness (QED) is 0.644. The lowest BCUT2D eigenvalue weighted by Crippen LogP contribution is -2.44. The molecule has 7 nitrogen and oxygen atoms in total. The number of carbonyl (C=O) groups excluding carboxylic acids is 2. The highest BCUT2D eigenvalue weighted by atomic mass is 35.5. The van der Waals surface area contributed by atoms with Gasteiger partial charge in [0.25, 0.3) is 0 Å². The van der Waals surface area contributed by atoms with Crippen molar-refractivity contribution in [1.29, 1.82) is 0 Å². The molecule has 0 bridgehead atoms. The molecule has 0 aliphatic carbocycles. The van der Waals surface area contributed by atoms with Gasteiger partial charge in [0.2, 0.25) is 5.91 Å². The number of nitrogens with one attached hydrogen (secondary N) is 3. The van der Waals surface area contributed by atoms with Gasteiger partial charge in [-0.15, -0.1) is 0 Å². The molecule has 1 fully saturated rings. The van der Waals surface area contributed by atoms with E-state index in [1.807, 2.05) is 30.3 Å². The Labute approximate surface area is 160 Å². The van der Waals surface area contributed by atoms with E-state index in [4.69, 9.17) is 16.0 Å². The summed E-state index contributed by atoms with van der Waals surface area (Å²) in [6.45, 7) is 2.03. The van der Waals surface area contributed by atoms with Gasteiger partial charge < -0.3 is 20.4 Å². The highest BCUT2D eigenvalue weighted by molar-refractivity contribution is 6.30. The Hall–Kier alpha value is -3.06. The summed E-state index contributed by atoms with van der Waals surface area (Å²) in [7, 11) is 0. The molecule has 1 aliphatic heterocycles. The van der Waals surface area contributed by atoms with Gasteiger partial charge in [0.05, 0.1) is 6.04 Å². The van der Waals surface area contributed by atoms with Gasteiger partial charge >= 0.3 is 6.03 Å². The number of aryl methyl sites for hydroxylation is 1. The summed E-state index contributed by atoms with van der Waals surface area (Å²) < 4.78 is 5.62. The van der Waals surface area contributed by atoms with E-state index < -0.39 is 12.1 Å². The molecule has 27 heavy (non-hydrogen) atoms. The average Bonchev–Trinajstić information content (AvgIpc) is 3.24. The van der Waals surface area contributed by atoms with Crippen LogP contribution < -0.4 is 16.0 Å². The van der Waals surface area contributed by atoms with Crippen LogP contribution in [0.15, 0.2) is 46.9 Å². The summed E-state index contributed by atoms with van der Waals surface area (Å²) in [6, 6.07) is 11.5. The van der Waals surface area contributed by atoms with Crippen LogP contribution in [0.4, 0.5) is 4.79 Å². The largest absolute Gasteiger partial charge is 0.441 e. The maximum atomic E-state index is 12.7. The zero-order valence-corrected chi connectivity index (χ0v) is 15.2. The minimum Gasteiger partial charge on any atom is -0.441 e. The zero-order chi connectivity index (χ0) is 19.0. The monoisotopic (exact) mass is 384 g/mol. The SMILES string of the molecule is Cc1nc2ccc([C@@H](NC(=O)[C@@H]3CNC(=O)N3)c3ccc(Cl)cc3)cc2o1. The van der Waals surface area contributed by atoms with E-state index in [9.17, 15) is 9.59 Å². The molecule has 0 radical (unpaired) electrons. The Bertz CT molecular complexity index is 1020. The molecule has 2 aromatic carbocycles. The van der Waals surface area contributed by atoms with Crippen LogP contribution in [0.1, 0.15) is 23.1 Å². The molecule has 3 amide bonds. The molecule has 0 unspecified atom stereocenters. The third kappa shape index (κ3) is 3.59. The fourth-order valence-electron chi connectivity index (χ4n) is 3.11. The molecule has 2 heterocycles. The van der Waals surface area contributed by atoms with Crippen LogP contribution in [-0.4, -0.2) is 29.5 Å². The van der Waals surface area contributed by atoms with Gasteiger partial charge in [0.15, 0.2) is 11.5 Å². The lowest BCUT2D eigenvalue weighted by atomic mass is 9.98. The van der Waals surface area contributed by atoms with Crippen LogP contribution in [-0.2, 0) is 4.79 Å². The summed E-state index contributed by atoms with van der Waals surface area (Å²) in [5.74, 6) is 0.302. The number of amides is 3. The van der Waals surface area contributed by atoms with Crippen LogP contribution in [0.25, 0.3) is 11.1 Å². The summed E-state index contributed by atoms with van der Waals surface area (Å²) in [6.07, 6.45) is 0. The number of hydrogen-bond donors (Lipinski definition) is 3. The smallest absolute Gasteiger partial charge is 0.315 e. The van der Waals surface area contributed by atoms with E-state index in [0.29, 0.717) is 16.5 Å². The molecule has 0 saturated carbocycles. The van der Waals surface area contributed by atoms with E-state index in [2.05, 4.69) is 20.9 Å². The second kappa shape index (κ2) is 6.92. The molecule has 0 spiro atoms. The lowest BCUT2D eigenvalue weighted by Gasteiger charge is -2.21. The molecule has 3 aromatic rings. The number of aromatic nitrogens is 1. The average molecular weight is 385 g/mol. The number of nitrogens with zero attached hydrogens (tertiary/aromatic N) is 1. The number of halogens is 1. The van der Waals surface area contributed by atoms with E-state index in [0.717, 1.165) is 16.6 Å². The zero-order valence-electron chi connectivity index (χ0n) is 14.5. The van der Waals surface area contributed by atoms with Crippen LogP contribution in [0.5, 0.6) is 0 Å². The van der Waals surface area contributed by atoms with Crippen LogP contribution in [0.2, 0.25) is 5.02 Å². The first kappa shape index (κ1) is 17.4. The molecule has 1 aliphatic rings. The first-order valence-corrected chi connectivity index (χ1v) is 8.85. The summed E-state index contributed by atoms with van der Waals surface area (Å²) in [5, 5.41) is 8.79. The number of carbonyl (C=O) groups is 2. The van der Waals surface area contributed by atoms with Crippen molar-refractivity contribution >= 4 is 34.6 Å². The molecule has 3 N–H and O–H groups in total. The van der Waals surface area contributed by atoms with Gasteiger partial charge in [-0.3, -0.25) is 4.79 Å². The van der Waals surface area contributed by atoms with Crippen LogP contribution in [0.3, 0.4) is 0 Å². The Balaban J connectivity index is 1.69. The first-order chi connectivity index (χ1) is 13.0. The number of rotatable bonds is 4. The number of urea groups is 1. The number of benzene rings is 2. The molecule has 2 atom stereocenters. The lowest BCUT2D eigenvalue weighted by molar-refractivity contribution is -0.122. The summed E-state index contributed by atoms with van der Waals surface area (Å²) >= 11 is 6.00. The third-order valence-corrected chi connectivity index (χ3v) is 4.68. The second-order valence-electron chi connectivity index (χ2n) is 6.36. The van der Waals surface area contributed by atoms with E-state index in [1.165, 1.54) is 0 Å². The van der Waals surface area contributed by atoms with Crippen molar-refractivity contribution in [3.8, 4) is 0 Å². The molecule has 4 rings (SSSR count). The van der Waals surface area contributed by atoms with Gasteiger partial charge in [-0.05, 0) is 35.4 Å².